The molecule has 0 radical (unpaired) electrons. The van der Waals surface area contributed by atoms with Crippen LogP contribution in [0.3, 0.4) is 0 Å². The molecule has 3 amide bonds. The molecule has 3 aliphatic heterocycles. The first-order valence-corrected chi connectivity index (χ1v) is 8.02. The van der Waals surface area contributed by atoms with Gasteiger partial charge < -0.3 is 0 Å². The van der Waals surface area contributed by atoms with Crippen LogP contribution in [0.5, 0.6) is 0 Å². The van der Waals surface area contributed by atoms with Gasteiger partial charge in [0.2, 0.25) is 0 Å². The summed E-state index contributed by atoms with van der Waals surface area (Å²) in [6, 6.07) is 8.91. The van der Waals surface area contributed by atoms with Gasteiger partial charge in [-0.1, -0.05) is 18.2 Å². The van der Waals surface area contributed by atoms with Crippen molar-refractivity contribution in [2.75, 3.05) is 11.4 Å². The van der Waals surface area contributed by atoms with Crippen molar-refractivity contribution in [2.45, 2.75) is 32.1 Å². The van der Waals surface area contributed by atoms with Gasteiger partial charge in [0.25, 0.3) is 11.8 Å². The van der Waals surface area contributed by atoms with Crippen LogP contribution in [0.4, 0.5) is 5.69 Å². The average Bonchev–Trinajstić information content (AvgIpc) is 2.74. The number of fused-ring (bicyclic) bond motifs is 1. The predicted molar refractivity (Wildman–Crippen MR) is 84.2 cm³/mol. The molecule has 5 heteroatoms. The van der Waals surface area contributed by atoms with E-state index in [1.165, 1.54) is 4.90 Å². The predicted octanol–water partition coefficient (Wildman–Crippen LogP) is 1.81. The summed E-state index contributed by atoms with van der Waals surface area (Å²) in [5.74, 6) is -0.691. The van der Waals surface area contributed by atoms with Crippen LogP contribution in [0, 0.1) is 0 Å². The zero-order valence-corrected chi connectivity index (χ0v) is 12.7. The van der Waals surface area contributed by atoms with Crippen LogP contribution >= 0.6 is 0 Å². The Labute approximate surface area is 133 Å². The standard InChI is InChI=1S/C18H17N2O3/c21-15-11-13-16(14-9-5-2-6-10-19(14)15)18(23)20(17(13)22)12-7-3-1-4-8-12/h1,3-4,7-8H,2,5-6,9-11H2/q+1. The van der Waals surface area contributed by atoms with Crippen molar-refractivity contribution >= 4 is 29.1 Å². The fraction of sp³-hybridized carbons (Fsp3) is 0.333. The van der Waals surface area contributed by atoms with Gasteiger partial charge in [-0.05, 0) is 25.0 Å². The molecule has 5 nitrogen and oxygen atoms in total. The van der Waals surface area contributed by atoms with Crippen LogP contribution in [0.1, 0.15) is 32.1 Å². The molecule has 0 saturated heterocycles. The second kappa shape index (κ2) is 5.26. The van der Waals surface area contributed by atoms with Crippen molar-refractivity contribution in [1.29, 1.82) is 0 Å². The number of benzene rings is 1. The van der Waals surface area contributed by atoms with Gasteiger partial charge in [0.1, 0.15) is 12.0 Å². The number of carbonyl (C=O) groups excluding carboxylic acids is 3. The van der Waals surface area contributed by atoms with E-state index in [9.17, 15) is 14.4 Å². The van der Waals surface area contributed by atoms with E-state index in [0.29, 0.717) is 29.8 Å². The van der Waals surface area contributed by atoms with Crippen molar-refractivity contribution in [3.05, 3.63) is 41.5 Å². The molecular formula is C18H17N2O3+. The minimum absolute atomic E-state index is 0.0345. The molecule has 1 aromatic rings. The Morgan fingerprint density at radius 1 is 0.913 bits per heavy atom. The van der Waals surface area contributed by atoms with Gasteiger partial charge >= 0.3 is 5.91 Å². The Morgan fingerprint density at radius 2 is 1.70 bits per heavy atom. The third-order valence-electron chi connectivity index (χ3n) is 4.73. The third kappa shape index (κ3) is 2.07. The van der Waals surface area contributed by atoms with Crippen LogP contribution < -0.4 is 4.90 Å². The van der Waals surface area contributed by atoms with Gasteiger partial charge in [-0.2, -0.15) is 4.58 Å². The molecule has 0 saturated carbocycles. The van der Waals surface area contributed by atoms with Gasteiger partial charge in [-0.3, -0.25) is 9.59 Å². The lowest BCUT2D eigenvalue weighted by Crippen LogP contribution is -2.35. The lowest BCUT2D eigenvalue weighted by atomic mass is 9.96. The molecule has 0 atom stereocenters. The molecule has 23 heavy (non-hydrogen) atoms. The van der Waals surface area contributed by atoms with Crippen molar-refractivity contribution in [2.24, 2.45) is 0 Å². The van der Waals surface area contributed by atoms with E-state index in [4.69, 9.17) is 0 Å². The molecule has 0 N–H and O–H groups in total. The topological polar surface area (TPSA) is 57.5 Å². The number of rotatable bonds is 1. The Morgan fingerprint density at radius 3 is 2.48 bits per heavy atom. The van der Waals surface area contributed by atoms with Crippen LogP contribution in [-0.2, 0) is 14.4 Å². The first-order chi connectivity index (χ1) is 11.2. The second-order valence-corrected chi connectivity index (χ2v) is 6.11. The third-order valence-corrected chi connectivity index (χ3v) is 4.73. The van der Waals surface area contributed by atoms with E-state index in [2.05, 4.69) is 0 Å². The minimum Gasteiger partial charge on any atom is -0.269 e. The summed E-state index contributed by atoms with van der Waals surface area (Å²) in [5.41, 5.74) is 2.16. The molecule has 0 aliphatic carbocycles. The van der Waals surface area contributed by atoms with Gasteiger partial charge in [0.05, 0.1) is 11.3 Å². The highest BCUT2D eigenvalue weighted by Gasteiger charge is 2.49. The summed E-state index contributed by atoms with van der Waals surface area (Å²) in [4.78, 5) is 39.2. The summed E-state index contributed by atoms with van der Waals surface area (Å²) < 4.78 is 1.73. The fourth-order valence-electron chi connectivity index (χ4n) is 3.64. The van der Waals surface area contributed by atoms with Crippen molar-refractivity contribution < 1.29 is 19.0 Å². The van der Waals surface area contributed by atoms with Gasteiger partial charge in [-0.25, -0.2) is 9.69 Å². The summed E-state index contributed by atoms with van der Waals surface area (Å²) in [6.45, 7) is 0.651. The lowest BCUT2D eigenvalue weighted by molar-refractivity contribution is -0.450. The Kier molecular flexibility index (Phi) is 3.22. The van der Waals surface area contributed by atoms with Crippen molar-refractivity contribution in [3.8, 4) is 0 Å². The van der Waals surface area contributed by atoms with Crippen LogP contribution in [0.15, 0.2) is 41.5 Å². The summed E-state index contributed by atoms with van der Waals surface area (Å²) in [5, 5.41) is 0. The number of anilines is 1. The minimum atomic E-state index is -0.346. The monoisotopic (exact) mass is 309 g/mol. The first kappa shape index (κ1) is 14.1. The molecule has 0 unspecified atom stereocenters. The molecule has 3 heterocycles. The van der Waals surface area contributed by atoms with E-state index >= 15 is 0 Å². The number of carbonyl (C=O) groups is 3. The molecule has 0 bridgehead atoms. The SMILES string of the molecule is O=C1C2=C(C(=O)N1c1ccccc1)C1=[N+](CCCCC1)C(=O)C2. The van der Waals surface area contributed by atoms with Crippen LogP contribution in [0.2, 0.25) is 0 Å². The Balaban J connectivity index is 1.82. The number of para-hydroxylation sites is 1. The maximum atomic E-state index is 12.9. The van der Waals surface area contributed by atoms with Gasteiger partial charge in [0.15, 0.2) is 12.3 Å². The number of hydrogen-bond donors (Lipinski definition) is 0. The smallest absolute Gasteiger partial charge is 0.269 e. The second-order valence-electron chi connectivity index (χ2n) is 6.11. The molecule has 3 aliphatic rings. The zero-order valence-electron chi connectivity index (χ0n) is 12.7. The van der Waals surface area contributed by atoms with Crippen LogP contribution in [0.25, 0.3) is 0 Å². The Bertz CT molecular complexity index is 790. The van der Waals surface area contributed by atoms with Gasteiger partial charge in [-0.15, -0.1) is 0 Å². The highest BCUT2D eigenvalue weighted by molar-refractivity contribution is 6.42. The van der Waals surface area contributed by atoms with E-state index in [-0.39, 0.29) is 24.1 Å². The summed E-state index contributed by atoms with van der Waals surface area (Å²) >= 11 is 0. The quantitative estimate of drug-likeness (QED) is 0.587. The average molecular weight is 309 g/mol. The Hall–Kier alpha value is -2.56. The normalized spacial score (nSPS) is 21.6. The summed E-state index contributed by atoms with van der Waals surface area (Å²) in [7, 11) is 0. The van der Waals surface area contributed by atoms with E-state index in [1.807, 2.05) is 6.07 Å². The molecule has 4 rings (SSSR count). The first-order valence-electron chi connectivity index (χ1n) is 8.02. The highest BCUT2D eigenvalue weighted by atomic mass is 16.2. The van der Waals surface area contributed by atoms with Crippen molar-refractivity contribution in [1.82, 2.24) is 0 Å². The van der Waals surface area contributed by atoms with Crippen LogP contribution in [-0.4, -0.2) is 34.6 Å². The van der Waals surface area contributed by atoms with Crippen molar-refractivity contribution in [3.63, 3.8) is 0 Å². The fourth-order valence-corrected chi connectivity index (χ4v) is 3.64. The molecule has 1 aromatic carbocycles. The maximum Gasteiger partial charge on any atom is 0.391 e. The highest BCUT2D eigenvalue weighted by Crippen LogP contribution is 2.33. The largest absolute Gasteiger partial charge is 0.391 e. The lowest BCUT2D eigenvalue weighted by Gasteiger charge is -2.14. The number of amides is 3. The molecular weight excluding hydrogens is 292 g/mol. The molecule has 0 aromatic heterocycles. The van der Waals surface area contributed by atoms with Gasteiger partial charge in [0, 0.05) is 12.8 Å². The molecule has 0 fully saturated rings. The van der Waals surface area contributed by atoms with E-state index in [0.717, 1.165) is 25.0 Å². The molecule has 116 valence electrons. The number of imide groups is 1. The molecule has 0 spiro atoms. The van der Waals surface area contributed by atoms with E-state index in [1.54, 1.807) is 28.8 Å². The number of nitrogens with zero attached hydrogens (tertiary/aromatic N) is 2. The zero-order chi connectivity index (χ0) is 16.0. The number of hydrogen-bond acceptors (Lipinski definition) is 3. The van der Waals surface area contributed by atoms with E-state index < -0.39 is 0 Å². The maximum absolute atomic E-state index is 12.9. The summed E-state index contributed by atoms with van der Waals surface area (Å²) in [6.07, 6.45) is 3.66.